The van der Waals surface area contributed by atoms with Gasteiger partial charge in [-0.15, -0.1) is 11.8 Å². The number of rotatable bonds is 11. The van der Waals surface area contributed by atoms with Crippen molar-refractivity contribution in [2.24, 2.45) is 5.41 Å². The summed E-state index contributed by atoms with van der Waals surface area (Å²) in [7, 11) is 1.65. The molecule has 7 heteroatoms. The monoisotopic (exact) mass is 526 g/mol. The topological polar surface area (TPSA) is 62.7 Å². The van der Waals surface area contributed by atoms with Gasteiger partial charge in [0.2, 0.25) is 0 Å². The maximum absolute atomic E-state index is 11.8. The van der Waals surface area contributed by atoms with Crippen molar-refractivity contribution in [2.45, 2.75) is 50.3 Å². The lowest BCUT2D eigenvalue weighted by Crippen LogP contribution is -2.42. The number of halogens is 1. The summed E-state index contributed by atoms with van der Waals surface area (Å²) in [5, 5.41) is 11.3. The minimum atomic E-state index is -0.699. The molecule has 3 aromatic rings. The molecule has 5 nitrogen and oxygen atoms in total. The van der Waals surface area contributed by atoms with Crippen LogP contribution in [0.4, 0.5) is 0 Å². The number of carboxylic acid groups (broad SMARTS) is 1. The molecule has 0 spiro atoms. The predicted molar refractivity (Wildman–Crippen MR) is 149 cm³/mol. The van der Waals surface area contributed by atoms with Gasteiger partial charge in [-0.2, -0.15) is 0 Å². The van der Waals surface area contributed by atoms with Crippen LogP contribution in [0, 0.1) is 12.3 Å². The van der Waals surface area contributed by atoms with Gasteiger partial charge in [-0.3, -0.25) is 9.78 Å². The fourth-order valence-electron chi connectivity index (χ4n) is 5.24. The minimum absolute atomic E-state index is 0.153. The van der Waals surface area contributed by atoms with Crippen molar-refractivity contribution in [3.63, 3.8) is 0 Å². The van der Waals surface area contributed by atoms with Crippen LogP contribution in [-0.2, 0) is 11.2 Å². The molecule has 192 valence electrons. The number of ether oxygens (including phenoxy) is 1. The number of fused-ring (bicyclic) bond motifs is 1. The van der Waals surface area contributed by atoms with Gasteiger partial charge in [0.1, 0.15) is 5.75 Å². The zero-order valence-corrected chi connectivity index (χ0v) is 22.7. The summed E-state index contributed by atoms with van der Waals surface area (Å²) >= 11 is 8.44. The number of thioether (sulfide) groups is 1. The van der Waals surface area contributed by atoms with Crippen molar-refractivity contribution in [3.8, 4) is 5.75 Å². The highest BCUT2D eigenvalue weighted by Gasteiger charge is 2.36. The number of benzene rings is 2. The molecule has 1 aliphatic heterocycles. The first kappa shape index (κ1) is 26.8. The summed E-state index contributed by atoms with van der Waals surface area (Å²) in [5.74, 6) is 1.13. The number of methoxy groups -OCH3 is 1. The first-order valence-electron chi connectivity index (χ1n) is 12.6. The molecule has 0 saturated carbocycles. The summed E-state index contributed by atoms with van der Waals surface area (Å²) < 4.78 is 5.40. The fourth-order valence-corrected chi connectivity index (χ4v) is 6.40. The molecular formula is C29H35ClN2O3S. The Kier molecular flexibility index (Phi) is 9.15. The third-order valence-electron chi connectivity index (χ3n) is 7.41. The molecule has 0 unspecified atom stereocenters. The average Bonchev–Trinajstić information content (AvgIpc) is 2.87. The van der Waals surface area contributed by atoms with E-state index in [1.54, 1.807) is 13.3 Å². The molecule has 0 amide bonds. The molecule has 36 heavy (non-hydrogen) atoms. The first-order chi connectivity index (χ1) is 17.4. The van der Waals surface area contributed by atoms with Crippen LogP contribution in [0.15, 0.2) is 53.6 Å². The number of hydrogen-bond donors (Lipinski definition) is 1. The van der Waals surface area contributed by atoms with Crippen LogP contribution >= 0.6 is 23.4 Å². The van der Waals surface area contributed by atoms with Crippen LogP contribution in [0.25, 0.3) is 10.9 Å². The van der Waals surface area contributed by atoms with Crippen LogP contribution in [0.5, 0.6) is 5.75 Å². The number of carbonyl (C=O) groups is 1. The summed E-state index contributed by atoms with van der Waals surface area (Å²) in [5.41, 5.74) is 3.09. The molecule has 0 atom stereocenters. The Labute approximate surface area is 223 Å². The number of piperidine rings is 1. The highest BCUT2D eigenvalue weighted by Crippen LogP contribution is 2.41. The molecule has 1 aromatic heterocycles. The third-order valence-corrected chi connectivity index (χ3v) is 8.73. The SMILES string of the molecule is COc1ccc2ncc(Cl)c(CCCC3(CC(=O)O)CCN(CCSc4ccc(C)cc4)CC3)c2c1. The van der Waals surface area contributed by atoms with Gasteiger partial charge in [0.25, 0.3) is 0 Å². The largest absolute Gasteiger partial charge is 0.497 e. The quantitative estimate of drug-likeness (QED) is 0.275. The van der Waals surface area contributed by atoms with Gasteiger partial charge < -0.3 is 14.7 Å². The van der Waals surface area contributed by atoms with E-state index in [1.165, 1.54) is 10.5 Å². The van der Waals surface area contributed by atoms with E-state index in [9.17, 15) is 9.90 Å². The van der Waals surface area contributed by atoms with Crippen molar-refractivity contribution < 1.29 is 14.6 Å². The summed E-state index contributed by atoms with van der Waals surface area (Å²) in [6.45, 7) is 5.05. The van der Waals surface area contributed by atoms with E-state index in [1.807, 2.05) is 30.0 Å². The highest BCUT2D eigenvalue weighted by atomic mass is 35.5. The van der Waals surface area contributed by atoms with Gasteiger partial charge in [-0.25, -0.2) is 0 Å². The second-order valence-corrected chi connectivity index (χ2v) is 11.5. The number of aryl methyl sites for hydroxylation is 2. The van der Waals surface area contributed by atoms with Crippen molar-refractivity contribution in [2.75, 3.05) is 32.5 Å². The van der Waals surface area contributed by atoms with E-state index >= 15 is 0 Å². The van der Waals surface area contributed by atoms with E-state index in [-0.39, 0.29) is 11.8 Å². The van der Waals surface area contributed by atoms with Gasteiger partial charge >= 0.3 is 5.97 Å². The number of likely N-dealkylation sites (tertiary alicyclic amines) is 1. The van der Waals surface area contributed by atoms with Crippen molar-refractivity contribution in [1.82, 2.24) is 9.88 Å². The molecule has 1 aliphatic rings. The smallest absolute Gasteiger partial charge is 0.303 e. The number of pyridine rings is 1. The lowest BCUT2D eigenvalue weighted by molar-refractivity contribution is -0.140. The van der Waals surface area contributed by atoms with E-state index in [0.29, 0.717) is 5.02 Å². The Balaban J connectivity index is 1.34. The normalized spacial score (nSPS) is 15.8. The minimum Gasteiger partial charge on any atom is -0.497 e. The molecule has 2 heterocycles. The lowest BCUT2D eigenvalue weighted by Gasteiger charge is -2.41. The Morgan fingerprint density at radius 2 is 1.94 bits per heavy atom. The van der Waals surface area contributed by atoms with E-state index in [2.05, 4.69) is 41.1 Å². The van der Waals surface area contributed by atoms with Crippen molar-refractivity contribution in [1.29, 1.82) is 0 Å². The molecule has 4 rings (SSSR count). The highest BCUT2D eigenvalue weighted by molar-refractivity contribution is 7.99. The van der Waals surface area contributed by atoms with Crippen molar-refractivity contribution >= 4 is 40.2 Å². The predicted octanol–water partition coefficient (Wildman–Crippen LogP) is 6.88. The summed E-state index contributed by atoms with van der Waals surface area (Å²) in [6.07, 6.45) is 6.37. The van der Waals surface area contributed by atoms with Gasteiger partial charge in [0, 0.05) is 28.8 Å². The maximum Gasteiger partial charge on any atom is 0.303 e. The molecule has 0 aliphatic carbocycles. The third kappa shape index (κ3) is 6.93. The molecule has 1 N–H and O–H groups in total. The molecule has 1 saturated heterocycles. The maximum atomic E-state index is 11.8. The molecule has 1 fully saturated rings. The lowest BCUT2D eigenvalue weighted by atomic mass is 9.72. The second-order valence-electron chi connectivity index (χ2n) is 9.89. The van der Waals surface area contributed by atoms with Crippen molar-refractivity contribution in [3.05, 3.63) is 64.8 Å². The number of aromatic nitrogens is 1. The number of aliphatic carboxylic acids is 1. The van der Waals surface area contributed by atoms with Crippen LogP contribution in [0.2, 0.25) is 5.02 Å². The van der Waals surface area contributed by atoms with Gasteiger partial charge in [0.15, 0.2) is 0 Å². The molecule has 2 aromatic carbocycles. The molecule has 0 radical (unpaired) electrons. The van der Waals surface area contributed by atoms with Crippen LogP contribution in [0.1, 0.15) is 43.2 Å². The zero-order valence-electron chi connectivity index (χ0n) is 21.1. The first-order valence-corrected chi connectivity index (χ1v) is 14.0. The van der Waals surface area contributed by atoms with Gasteiger partial charge in [0.05, 0.1) is 24.1 Å². The Bertz CT molecular complexity index is 1180. The summed E-state index contributed by atoms with van der Waals surface area (Å²) in [6, 6.07) is 14.5. The fraction of sp³-hybridized carbons (Fsp3) is 0.448. The average molecular weight is 527 g/mol. The van der Waals surface area contributed by atoms with E-state index < -0.39 is 5.97 Å². The molecular weight excluding hydrogens is 492 g/mol. The Morgan fingerprint density at radius 3 is 2.64 bits per heavy atom. The van der Waals surface area contributed by atoms with Crippen LogP contribution < -0.4 is 4.74 Å². The molecule has 0 bridgehead atoms. The van der Waals surface area contributed by atoms with E-state index in [4.69, 9.17) is 16.3 Å². The Hall–Kier alpha value is -2.28. The van der Waals surface area contributed by atoms with Crippen LogP contribution in [-0.4, -0.2) is 53.5 Å². The zero-order chi connectivity index (χ0) is 25.5. The Morgan fingerprint density at radius 1 is 1.19 bits per heavy atom. The van der Waals surface area contributed by atoms with E-state index in [0.717, 1.165) is 79.7 Å². The van der Waals surface area contributed by atoms with Gasteiger partial charge in [-0.05, 0) is 93.4 Å². The number of carboxylic acids is 1. The summed E-state index contributed by atoms with van der Waals surface area (Å²) in [4.78, 5) is 20.0. The van der Waals surface area contributed by atoms with Crippen LogP contribution in [0.3, 0.4) is 0 Å². The van der Waals surface area contributed by atoms with Gasteiger partial charge in [-0.1, -0.05) is 29.3 Å². The second kappa shape index (κ2) is 12.3. The number of nitrogens with zero attached hydrogens (tertiary/aromatic N) is 2. The number of hydrogen-bond acceptors (Lipinski definition) is 5. The standard InChI is InChI=1S/C29H35ClN2O3S/c1-21-5-8-23(9-6-21)36-17-16-32-14-12-29(13-15-32,19-28(33)34)11-3-4-24-25-18-22(35-2)7-10-27(25)31-20-26(24)30/h5-10,18,20H,3-4,11-17,19H2,1-2H3,(H,33,34).